The third-order valence-corrected chi connectivity index (χ3v) is 14.0. The molecule has 2 heterocycles. The van der Waals surface area contributed by atoms with Gasteiger partial charge < -0.3 is 9.09 Å². The molecule has 0 saturated heterocycles. The van der Waals surface area contributed by atoms with Crippen LogP contribution in [0, 0.1) is 0 Å². The molecule has 2 unspecified atom stereocenters. The van der Waals surface area contributed by atoms with Crippen molar-refractivity contribution in [1.29, 1.82) is 0 Å². The van der Waals surface area contributed by atoms with E-state index in [0.29, 0.717) is 0 Å². The summed E-state index contributed by atoms with van der Waals surface area (Å²) in [4.78, 5) is 0. The summed E-state index contributed by atoms with van der Waals surface area (Å²) in [6, 6.07) is 71.3. The van der Waals surface area contributed by atoms with Crippen LogP contribution < -0.4 is 15.1 Å². The molecule has 2 aliphatic rings. The van der Waals surface area contributed by atoms with Crippen LogP contribution in [0.25, 0.3) is 38.6 Å². The lowest BCUT2D eigenvalue weighted by atomic mass is 9.53. The second kappa shape index (κ2) is 12.2. The normalized spacial score (nSPS) is 16.7. The minimum absolute atomic E-state index is 0.202. The highest BCUT2D eigenvalue weighted by Gasteiger charge is 2.52. The number of benzene rings is 8. The van der Waals surface area contributed by atoms with Crippen molar-refractivity contribution in [3.05, 3.63) is 228 Å². The Balaban J connectivity index is 1.14. The van der Waals surface area contributed by atoms with Gasteiger partial charge in [-0.2, -0.15) is 0 Å². The average Bonchev–Trinajstić information content (AvgIpc) is 3.59. The molecule has 2 atom stereocenters. The lowest BCUT2D eigenvalue weighted by Crippen LogP contribution is -2.44. The summed E-state index contributed by atoms with van der Waals surface area (Å²) in [7, 11) is -1.06. The van der Waals surface area contributed by atoms with E-state index in [2.05, 4.69) is 182 Å². The summed E-state index contributed by atoms with van der Waals surface area (Å²) >= 11 is 0. The summed E-state index contributed by atoms with van der Waals surface area (Å²) in [6.45, 7) is 4.80. The van der Waals surface area contributed by atoms with E-state index < -0.39 is 13.6 Å². The van der Waals surface area contributed by atoms with Gasteiger partial charge in [0, 0.05) is 26.8 Å². The van der Waals surface area contributed by atoms with Gasteiger partial charge in [0.1, 0.15) is 5.75 Å². The van der Waals surface area contributed by atoms with Crippen LogP contribution in [-0.4, -0.2) is 4.57 Å². The van der Waals surface area contributed by atoms with Crippen molar-refractivity contribution < 1.29 is 4.52 Å². The van der Waals surface area contributed by atoms with Crippen LogP contribution in [0.4, 0.5) is 0 Å². The van der Waals surface area contributed by atoms with Crippen LogP contribution in [0.15, 0.2) is 194 Å². The van der Waals surface area contributed by atoms with Crippen LogP contribution in [0.2, 0.25) is 0 Å². The van der Waals surface area contributed by atoms with Crippen LogP contribution >= 0.6 is 8.15 Å². The first-order valence-electron chi connectivity index (χ1n) is 19.1. The van der Waals surface area contributed by atoms with Gasteiger partial charge in [-0.25, -0.2) is 0 Å². The molecule has 0 saturated carbocycles. The average molecular weight is 724 g/mol. The van der Waals surface area contributed by atoms with Crippen molar-refractivity contribution in [3.8, 4) is 22.6 Å². The number of nitrogens with zero attached hydrogens (tertiary/aromatic N) is 1. The van der Waals surface area contributed by atoms with E-state index in [9.17, 15) is 0 Å². The van der Waals surface area contributed by atoms with Gasteiger partial charge in [0.15, 0.2) is 8.15 Å². The van der Waals surface area contributed by atoms with Crippen LogP contribution in [0.5, 0.6) is 5.75 Å². The van der Waals surface area contributed by atoms with Crippen molar-refractivity contribution in [3.63, 3.8) is 0 Å². The molecule has 55 heavy (non-hydrogen) atoms. The summed E-state index contributed by atoms with van der Waals surface area (Å²) < 4.78 is 9.23. The molecule has 8 aromatic carbocycles. The number of rotatable bonds is 5. The van der Waals surface area contributed by atoms with Gasteiger partial charge in [-0.3, -0.25) is 0 Å². The molecular formula is C52H38NOP. The van der Waals surface area contributed by atoms with Gasteiger partial charge in [0.25, 0.3) is 0 Å². The predicted octanol–water partition coefficient (Wildman–Crippen LogP) is 12.2. The van der Waals surface area contributed by atoms with E-state index in [1.54, 1.807) is 0 Å². The molecule has 1 spiro atoms. The van der Waals surface area contributed by atoms with E-state index in [4.69, 9.17) is 4.52 Å². The van der Waals surface area contributed by atoms with Gasteiger partial charge in [0.05, 0.1) is 22.1 Å². The second-order valence-corrected chi connectivity index (χ2v) is 17.1. The molecule has 262 valence electrons. The number of hydrogen-bond donors (Lipinski definition) is 0. The van der Waals surface area contributed by atoms with Crippen LogP contribution in [0.3, 0.4) is 0 Å². The van der Waals surface area contributed by atoms with Gasteiger partial charge in [-0.1, -0.05) is 178 Å². The Bertz CT molecular complexity index is 2930. The minimum Gasteiger partial charge on any atom is -0.464 e. The Hall–Kier alpha value is -6.21. The third-order valence-electron chi connectivity index (χ3n) is 12.1. The highest BCUT2D eigenvalue weighted by Crippen LogP contribution is 2.60. The van der Waals surface area contributed by atoms with E-state index in [-0.39, 0.29) is 5.41 Å². The molecule has 1 aliphatic carbocycles. The van der Waals surface area contributed by atoms with Crippen molar-refractivity contribution in [2.24, 2.45) is 0 Å². The molecular weight excluding hydrogens is 686 g/mol. The summed E-state index contributed by atoms with van der Waals surface area (Å²) in [6.07, 6.45) is 0. The van der Waals surface area contributed by atoms with Gasteiger partial charge in [-0.05, 0) is 74.8 Å². The maximum Gasteiger partial charge on any atom is 0.150 e. The zero-order chi connectivity index (χ0) is 36.7. The summed E-state index contributed by atoms with van der Waals surface area (Å²) in [5, 5.41) is 4.95. The Morgan fingerprint density at radius 2 is 1.02 bits per heavy atom. The van der Waals surface area contributed by atoms with Crippen LogP contribution in [-0.2, 0) is 10.8 Å². The van der Waals surface area contributed by atoms with Gasteiger partial charge in [0.2, 0.25) is 0 Å². The maximum atomic E-state index is 6.71. The van der Waals surface area contributed by atoms with E-state index in [0.717, 1.165) is 5.75 Å². The van der Waals surface area contributed by atoms with E-state index in [1.807, 2.05) is 30.3 Å². The molecule has 0 fully saturated rings. The predicted molar refractivity (Wildman–Crippen MR) is 230 cm³/mol. The van der Waals surface area contributed by atoms with Crippen molar-refractivity contribution in [2.75, 3.05) is 0 Å². The van der Waals surface area contributed by atoms with Crippen LogP contribution in [0.1, 0.15) is 47.2 Å². The van der Waals surface area contributed by atoms with E-state index in [1.165, 1.54) is 82.6 Å². The standard InChI is InChI=1S/C52H38NOP/c1-51(2)42-22-10-11-23-44(42)52(45-24-12-14-27-49(45)53-48-26-13-9-20-40(48)41-21-15-25-46(52)50(41)53)47-34-36(30-33-43(47)51)35-28-31-39(32-29-35)55(38-18-7-4-8-19-38)54-37-16-5-3-6-17-37/h3-34H,1-2H3. The van der Waals surface area contributed by atoms with Crippen molar-refractivity contribution in [2.45, 2.75) is 24.7 Å². The maximum absolute atomic E-state index is 6.71. The van der Waals surface area contributed by atoms with Crippen molar-refractivity contribution in [1.82, 2.24) is 4.57 Å². The Morgan fingerprint density at radius 1 is 0.436 bits per heavy atom. The first kappa shape index (κ1) is 32.2. The first-order chi connectivity index (χ1) is 27.0. The molecule has 0 amide bonds. The zero-order valence-electron chi connectivity index (χ0n) is 30.8. The largest absolute Gasteiger partial charge is 0.464 e. The molecule has 2 nitrogen and oxygen atoms in total. The molecule has 0 bridgehead atoms. The third kappa shape index (κ3) is 4.59. The number of fused-ring (bicyclic) bond motifs is 11. The van der Waals surface area contributed by atoms with Gasteiger partial charge in [-0.15, -0.1) is 0 Å². The zero-order valence-corrected chi connectivity index (χ0v) is 31.7. The highest BCUT2D eigenvalue weighted by atomic mass is 31.1. The minimum atomic E-state index is -1.06. The Morgan fingerprint density at radius 3 is 1.82 bits per heavy atom. The van der Waals surface area contributed by atoms with Crippen molar-refractivity contribution >= 4 is 40.6 Å². The summed E-state index contributed by atoms with van der Waals surface area (Å²) in [5.41, 5.74) is 13.6. The molecule has 1 aromatic heterocycles. The quantitative estimate of drug-likeness (QED) is 0.161. The molecule has 9 aromatic rings. The first-order valence-corrected chi connectivity index (χ1v) is 20.4. The Labute approximate surface area is 323 Å². The number of aromatic nitrogens is 1. The monoisotopic (exact) mass is 723 g/mol. The fraction of sp³-hybridized carbons (Fsp3) is 0.0769. The lowest BCUT2D eigenvalue weighted by Gasteiger charge is -2.50. The molecule has 3 heteroatoms. The number of hydrogen-bond acceptors (Lipinski definition) is 1. The highest BCUT2D eigenvalue weighted by molar-refractivity contribution is 7.68. The molecule has 1 aliphatic heterocycles. The SMILES string of the molecule is CC1(C)c2ccccc2C2(c3ccccc3-n3c4ccccc4c4cccc2c43)c2cc(-c3ccc(P(Oc4ccccc4)c4ccccc4)cc3)ccc21. The van der Waals surface area contributed by atoms with E-state index >= 15 is 0 Å². The number of para-hydroxylation sites is 4. The molecule has 0 N–H and O–H groups in total. The smallest absolute Gasteiger partial charge is 0.150 e. The lowest BCUT2D eigenvalue weighted by molar-refractivity contribution is 0.556. The summed E-state index contributed by atoms with van der Waals surface area (Å²) in [5.74, 6) is 0.881. The Kier molecular flexibility index (Phi) is 7.12. The topological polar surface area (TPSA) is 14.2 Å². The fourth-order valence-electron chi connectivity index (χ4n) is 9.70. The molecule has 11 rings (SSSR count). The fourth-order valence-corrected chi connectivity index (χ4v) is 11.4. The molecule has 0 radical (unpaired) electrons. The second-order valence-electron chi connectivity index (χ2n) is 15.3. The van der Waals surface area contributed by atoms with Gasteiger partial charge >= 0.3 is 0 Å².